The Bertz CT molecular complexity index is 495. The topological polar surface area (TPSA) is 37.3 Å². The molecule has 0 fully saturated rings. The maximum atomic E-state index is 11.7. The number of aliphatic hydroxyl groups excluding tert-OH is 1. The van der Waals surface area contributed by atoms with Gasteiger partial charge in [-0.05, 0) is 17.7 Å². The van der Waals surface area contributed by atoms with Crippen LogP contribution in [0.25, 0.3) is 10.8 Å². The molecule has 15 heavy (non-hydrogen) atoms. The fraction of sp³-hybridized carbons (Fsp3) is 0.154. The fourth-order valence-electron chi connectivity index (χ4n) is 1.67. The lowest BCUT2D eigenvalue weighted by molar-refractivity contribution is 0.0781. The van der Waals surface area contributed by atoms with E-state index in [4.69, 9.17) is 0 Å². The van der Waals surface area contributed by atoms with Crippen molar-refractivity contribution in [2.45, 2.75) is 13.0 Å². The van der Waals surface area contributed by atoms with Crippen LogP contribution in [0.15, 0.2) is 42.5 Å². The quantitative estimate of drug-likeness (QED) is 0.756. The molecule has 0 aromatic heterocycles. The Morgan fingerprint density at radius 1 is 1.13 bits per heavy atom. The number of aliphatic hydroxyl groups is 1. The highest BCUT2D eigenvalue weighted by atomic mass is 16.3. The predicted molar refractivity (Wildman–Crippen MR) is 60.0 cm³/mol. The molecule has 2 nitrogen and oxygen atoms in total. The van der Waals surface area contributed by atoms with Crippen LogP contribution in [-0.4, -0.2) is 17.0 Å². The summed E-state index contributed by atoms with van der Waals surface area (Å²) >= 11 is 0. The third kappa shape index (κ3) is 1.76. The highest BCUT2D eigenvalue weighted by Crippen LogP contribution is 2.19. The van der Waals surface area contributed by atoms with Gasteiger partial charge in [-0.3, -0.25) is 4.79 Å². The molecule has 2 aromatic carbocycles. The van der Waals surface area contributed by atoms with Gasteiger partial charge >= 0.3 is 0 Å². The van der Waals surface area contributed by atoms with Crippen molar-refractivity contribution < 1.29 is 9.90 Å². The van der Waals surface area contributed by atoms with Crippen LogP contribution >= 0.6 is 0 Å². The van der Waals surface area contributed by atoms with Gasteiger partial charge in [-0.15, -0.1) is 0 Å². The van der Waals surface area contributed by atoms with E-state index in [9.17, 15) is 9.90 Å². The van der Waals surface area contributed by atoms with E-state index in [-0.39, 0.29) is 5.78 Å². The average molecular weight is 200 g/mol. The van der Waals surface area contributed by atoms with Gasteiger partial charge in [-0.25, -0.2) is 0 Å². The first-order chi connectivity index (χ1) is 7.20. The van der Waals surface area contributed by atoms with Crippen molar-refractivity contribution in [1.29, 1.82) is 0 Å². The molecule has 0 amide bonds. The van der Waals surface area contributed by atoms with E-state index in [1.807, 2.05) is 36.4 Å². The third-order valence-corrected chi connectivity index (χ3v) is 2.43. The summed E-state index contributed by atoms with van der Waals surface area (Å²) in [4.78, 5) is 11.7. The monoisotopic (exact) mass is 200 g/mol. The first-order valence-electron chi connectivity index (χ1n) is 4.90. The van der Waals surface area contributed by atoms with Crippen molar-refractivity contribution in [2.75, 3.05) is 0 Å². The zero-order valence-corrected chi connectivity index (χ0v) is 8.47. The first-order valence-corrected chi connectivity index (χ1v) is 4.90. The average Bonchev–Trinajstić information content (AvgIpc) is 2.27. The van der Waals surface area contributed by atoms with Gasteiger partial charge in [0.1, 0.15) is 6.10 Å². The standard InChI is InChI=1S/C13H12O2/c1-9(14)13(15)12-8-4-6-10-5-2-3-7-11(10)12/h2-9,14H,1H3. The van der Waals surface area contributed by atoms with Gasteiger partial charge in [0.15, 0.2) is 5.78 Å². The second kappa shape index (κ2) is 3.83. The number of benzene rings is 2. The molecule has 0 bridgehead atoms. The summed E-state index contributed by atoms with van der Waals surface area (Å²) < 4.78 is 0. The molecule has 76 valence electrons. The Hall–Kier alpha value is -1.67. The summed E-state index contributed by atoms with van der Waals surface area (Å²) in [5, 5.41) is 11.2. The van der Waals surface area contributed by atoms with Crippen molar-refractivity contribution in [3.8, 4) is 0 Å². The van der Waals surface area contributed by atoms with Gasteiger partial charge in [0.05, 0.1) is 0 Å². The van der Waals surface area contributed by atoms with Gasteiger partial charge in [0, 0.05) is 5.56 Å². The molecule has 0 aliphatic rings. The van der Waals surface area contributed by atoms with E-state index in [0.29, 0.717) is 5.56 Å². The second-order valence-electron chi connectivity index (χ2n) is 3.57. The lowest BCUT2D eigenvalue weighted by Crippen LogP contribution is -2.16. The zero-order chi connectivity index (χ0) is 10.8. The third-order valence-electron chi connectivity index (χ3n) is 2.43. The Balaban J connectivity index is 2.66. The normalized spacial score (nSPS) is 12.7. The van der Waals surface area contributed by atoms with Crippen LogP contribution < -0.4 is 0 Å². The molecular weight excluding hydrogens is 188 g/mol. The van der Waals surface area contributed by atoms with E-state index in [0.717, 1.165) is 10.8 Å². The smallest absolute Gasteiger partial charge is 0.191 e. The molecule has 0 heterocycles. The van der Waals surface area contributed by atoms with E-state index >= 15 is 0 Å². The van der Waals surface area contributed by atoms with E-state index in [1.165, 1.54) is 6.92 Å². The lowest BCUT2D eigenvalue weighted by Gasteiger charge is -2.07. The number of carbonyl (C=O) groups is 1. The number of rotatable bonds is 2. The minimum atomic E-state index is -0.948. The van der Waals surface area contributed by atoms with Gasteiger partial charge < -0.3 is 5.11 Å². The van der Waals surface area contributed by atoms with E-state index < -0.39 is 6.10 Å². The second-order valence-corrected chi connectivity index (χ2v) is 3.57. The molecule has 0 aliphatic heterocycles. The van der Waals surface area contributed by atoms with Crippen LogP contribution in [0.1, 0.15) is 17.3 Å². The van der Waals surface area contributed by atoms with Crippen LogP contribution in [0.4, 0.5) is 0 Å². The summed E-state index contributed by atoms with van der Waals surface area (Å²) in [7, 11) is 0. The highest BCUT2D eigenvalue weighted by molar-refractivity contribution is 6.09. The van der Waals surface area contributed by atoms with Crippen LogP contribution in [0.5, 0.6) is 0 Å². The molecule has 0 radical (unpaired) electrons. The van der Waals surface area contributed by atoms with E-state index in [1.54, 1.807) is 6.07 Å². The first kappa shape index (κ1) is 9.87. The number of carbonyl (C=O) groups excluding carboxylic acids is 1. The minimum Gasteiger partial charge on any atom is -0.385 e. The molecule has 0 saturated heterocycles. The van der Waals surface area contributed by atoms with E-state index in [2.05, 4.69) is 0 Å². The molecule has 0 saturated carbocycles. The van der Waals surface area contributed by atoms with Crippen molar-refractivity contribution >= 4 is 16.6 Å². The Morgan fingerprint density at radius 3 is 2.53 bits per heavy atom. The summed E-state index contributed by atoms with van der Waals surface area (Å²) in [6.45, 7) is 1.49. The maximum absolute atomic E-state index is 11.7. The molecule has 0 aliphatic carbocycles. The van der Waals surface area contributed by atoms with Crippen molar-refractivity contribution in [3.05, 3.63) is 48.0 Å². The fourth-order valence-corrected chi connectivity index (χ4v) is 1.67. The number of ketones is 1. The molecule has 0 spiro atoms. The van der Waals surface area contributed by atoms with Crippen LogP contribution in [0, 0.1) is 0 Å². The largest absolute Gasteiger partial charge is 0.385 e. The zero-order valence-electron chi connectivity index (χ0n) is 8.47. The highest BCUT2D eigenvalue weighted by Gasteiger charge is 2.14. The summed E-state index contributed by atoms with van der Waals surface area (Å²) in [6, 6.07) is 13.2. The Kier molecular flexibility index (Phi) is 2.52. The van der Waals surface area contributed by atoms with Crippen LogP contribution in [-0.2, 0) is 0 Å². The van der Waals surface area contributed by atoms with Gasteiger partial charge in [-0.2, -0.15) is 0 Å². The van der Waals surface area contributed by atoms with Gasteiger partial charge in [0.2, 0.25) is 0 Å². The minimum absolute atomic E-state index is 0.230. The SMILES string of the molecule is CC(O)C(=O)c1cccc2ccccc12. The number of Topliss-reactive ketones (excluding diaryl/α,β-unsaturated/α-hetero) is 1. The maximum Gasteiger partial charge on any atom is 0.191 e. The summed E-state index contributed by atoms with van der Waals surface area (Å²) in [6.07, 6.45) is -0.948. The molecule has 2 heteroatoms. The van der Waals surface area contributed by atoms with Gasteiger partial charge in [-0.1, -0.05) is 42.5 Å². The molecule has 1 unspecified atom stereocenters. The lowest BCUT2D eigenvalue weighted by atomic mass is 9.99. The molecule has 1 N–H and O–H groups in total. The van der Waals surface area contributed by atoms with Crippen molar-refractivity contribution in [3.63, 3.8) is 0 Å². The van der Waals surface area contributed by atoms with Crippen molar-refractivity contribution in [1.82, 2.24) is 0 Å². The predicted octanol–water partition coefficient (Wildman–Crippen LogP) is 2.40. The van der Waals surface area contributed by atoms with Crippen LogP contribution in [0.2, 0.25) is 0 Å². The number of hydrogen-bond acceptors (Lipinski definition) is 2. The summed E-state index contributed by atoms with van der Waals surface area (Å²) in [5.74, 6) is -0.230. The molecule has 1 atom stereocenters. The van der Waals surface area contributed by atoms with Crippen molar-refractivity contribution in [2.24, 2.45) is 0 Å². The molecule has 2 rings (SSSR count). The van der Waals surface area contributed by atoms with Crippen LogP contribution in [0.3, 0.4) is 0 Å². The van der Waals surface area contributed by atoms with Gasteiger partial charge in [0.25, 0.3) is 0 Å². The number of hydrogen-bond donors (Lipinski definition) is 1. The molecular formula is C13H12O2. The molecule has 2 aromatic rings. The Labute approximate surface area is 88.2 Å². The summed E-state index contributed by atoms with van der Waals surface area (Å²) in [5.41, 5.74) is 0.586. The Morgan fingerprint density at radius 2 is 1.80 bits per heavy atom. The number of fused-ring (bicyclic) bond motifs is 1.